The molecule has 0 spiro atoms. The maximum atomic E-state index is 11.9. The van der Waals surface area contributed by atoms with E-state index in [1.165, 1.54) is 16.8 Å². The van der Waals surface area contributed by atoms with E-state index < -0.39 is 5.69 Å². The number of aromatic nitrogens is 3. The van der Waals surface area contributed by atoms with Crippen molar-refractivity contribution in [2.75, 3.05) is 0 Å². The van der Waals surface area contributed by atoms with Gasteiger partial charge in [-0.15, -0.1) is 0 Å². The normalized spacial score (nSPS) is 9.95. The van der Waals surface area contributed by atoms with Gasteiger partial charge in [0.2, 0.25) is 0 Å². The van der Waals surface area contributed by atoms with Crippen LogP contribution in [0.3, 0.4) is 0 Å². The van der Waals surface area contributed by atoms with Gasteiger partial charge < -0.3 is 9.67 Å². The van der Waals surface area contributed by atoms with E-state index >= 15 is 0 Å². The third kappa shape index (κ3) is 4.37. The molecule has 0 amide bonds. The minimum atomic E-state index is -0.403. The Hall–Kier alpha value is -1.73. The van der Waals surface area contributed by atoms with E-state index in [2.05, 4.69) is 20.9 Å². The van der Waals surface area contributed by atoms with Gasteiger partial charge in [0.15, 0.2) is 0 Å². The molecule has 0 atom stereocenters. The van der Waals surface area contributed by atoms with Crippen LogP contribution in [-0.4, -0.2) is 19.2 Å². The summed E-state index contributed by atoms with van der Waals surface area (Å²) in [6, 6.07) is 4.71. The Morgan fingerprint density at radius 1 is 1.24 bits per heavy atom. The van der Waals surface area contributed by atoms with Crippen LogP contribution in [0.2, 0.25) is 0 Å². The zero-order chi connectivity index (χ0) is 16.0. The van der Waals surface area contributed by atoms with Crippen molar-refractivity contribution >= 4 is 15.9 Å². The minimum absolute atomic E-state index is 0.0682. The van der Waals surface area contributed by atoms with Crippen molar-refractivity contribution in [3.8, 4) is 0 Å². The Balaban J connectivity index is 0.00000106. The Kier molecular flexibility index (Phi) is 6.51. The zero-order valence-electron chi connectivity index (χ0n) is 12.2. The van der Waals surface area contributed by atoms with E-state index in [1.807, 2.05) is 13.8 Å². The van der Waals surface area contributed by atoms with E-state index in [-0.39, 0.29) is 18.7 Å². The van der Waals surface area contributed by atoms with Crippen LogP contribution in [0, 0.1) is 0 Å². The van der Waals surface area contributed by atoms with Crippen LogP contribution in [0.1, 0.15) is 25.2 Å². The number of aryl methyl sites for hydroxylation is 1. The summed E-state index contributed by atoms with van der Waals surface area (Å²) in [7, 11) is 1.58. The molecule has 0 bridgehead atoms. The van der Waals surface area contributed by atoms with Crippen LogP contribution in [0.15, 0.2) is 38.5 Å². The SMILES string of the molecule is CC.Cn1ccc(=O)n(Cc2cc(Br)cc(CO)n2)c1=O. The van der Waals surface area contributed by atoms with Crippen molar-refractivity contribution < 1.29 is 5.11 Å². The lowest BCUT2D eigenvalue weighted by Crippen LogP contribution is -2.38. The first kappa shape index (κ1) is 17.3. The largest absolute Gasteiger partial charge is 0.390 e. The van der Waals surface area contributed by atoms with E-state index in [9.17, 15) is 9.59 Å². The first-order chi connectivity index (χ1) is 10.0. The standard InChI is InChI=1S/C12H12BrN3O3.C2H6/c1-15-3-2-11(18)16(12(15)19)6-9-4-8(13)5-10(7-17)14-9;1-2/h2-5,17H,6-7H2,1H3;1-2H3. The predicted octanol–water partition coefficient (Wildman–Crippen LogP) is 1.27. The molecule has 114 valence electrons. The quantitative estimate of drug-likeness (QED) is 0.899. The molecule has 1 N–H and O–H groups in total. The third-order valence-electron chi connectivity index (χ3n) is 2.62. The van der Waals surface area contributed by atoms with Crippen molar-refractivity contribution in [1.82, 2.24) is 14.1 Å². The minimum Gasteiger partial charge on any atom is -0.390 e. The summed E-state index contributed by atoms with van der Waals surface area (Å²) < 4.78 is 3.16. The Bertz CT molecular complexity index is 722. The molecule has 21 heavy (non-hydrogen) atoms. The van der Waals surface area contributed by atoms with Crippen LogP contribution in [0.4, 0.5) is 0 Å². The lowest BCUT2D eigenvalue weighted by molar-refractivity contribution is 0.276. The van der Waals surface area contributed by atoms with E-state index in [1.54, 1.807) is 19.2 Å². The van der Waals surface area contributed by atoms with Crippen LogP contribution < -0.4 is 11.2 Å². The van der Waals surface area contributed by atoms with E-state index in [0.29, 0.717) is 11.4 Å². The number of halogens is 1. The fourth-order valence-corrected chi connectivity index (χ4v) is 2.22. The molecule has 2 aromatic heterocycles. The highest BCUT2D eigenvalue weighted by atomic mass is 79.9. The highest BCUT2D eigenvalue weighted by Gasteiger charge is 2.07. The van der Waals surface area contributed by atoms with Crippen molar-refractivity contribution in [2.24, 2.45) is 7.05 Å². The molecule has 0 fully saturated rings. The van der Waals surface area contributed by atoms with E-state index in [4.69, 9.17) is 5.11 Å². The van der Waals surface area contributed by atoms with Gasteiger partial charge in [-0.1, -0.05) is 29.8 Å². The second-order valence-corrected chi connectivity index (χ2v) is 4.98. The van der Waals surface area contributed by atoms with Gasteiger partial charge in [0, 0.05) is 23.8 Å². The smallest absolute Gasteiger partial charge is 0.331 e. The average molecular weight is 356 g/mol. The fraction of sp³-hybridized carbons (Fsp3) is 0.357. The van der Waals surface area contributed by atoms with Crippen LogP contribution in [-0.2, 0) is 20.2 Å². The summed E-state index contributed by atoms with van der Waals surface area (Å²) in [5, 5.41) is 9.09. The molecule has 2 aromatic rings. The maximum absolute atomic E-state index is 11.9. The molecule has 7 heteroatoms. The second-order valence-electron chi connectivity index (χ2n) is 4.06. The van der Waals surface area contributed by atoms with Gasteiger partial charge >= 0.3 is 5.69 Å². The lowest BCUT2D eigenvalue weighted by Gasteiger charge is -2.07. The summed E-state index contributed by atoms with van der Waals surface area (Å²) >= 11 is 3.30. The lowest BCUT2D eigenvalue weighted by atomic mass is 10.3. The molecule has 0 radical (unpaired) electrons. The van der Waals surface area contributed by atoms with Gasteiger partial charge in [0.25, 0.3) is 5.56 Å². The van der Waals surface area contributed by atoms with Gasteiger partial charge in [-0.25, -0.2) is 4.79 Å². The van der Waals surface area contributed by atoms with Gasteiger partial charge in [-0.05, 0) is 12.1 Å². The van der Waals surface area contributed by atoms with Crippen LogP contribution >= 0.6 is 15.9 Å². The molecule has 0 aliphatic rings. The maximum Gasteiger partial charge on any atom is 0.331 e. The number of nitrogens with zero attached hydrogens (tertiary/aromatic N) is 3. The Morgan fingerprint density at radius 3 is 2.48 bits per heavy atom. The van der Waals surface area contributed by atoms with Gasteiger partial charge in [-0.2, -0.15) is 0 Å². The summed E-state index contributed by atoms with van der Waals surface area (Å²) in [5.74, 6) is 0. The fourth-order valence-electron chi connectivity index (χ4n) is 1.69. The number of aliphatic hydroxyl groups excluding tert-OH is 1. The Labute approximate surface area is 130 Å². The first-order valence-electron chi connectivity index (χ1n) is 6.54. The average Bonchev–Trinajstić information content (AvgIpc) is 2.49. The summed E-state index contributed by atoms with van der Waals surface area (Å²) in [6.45, 7) is 3.87. The van der Waals surface area contributed by atoms with Crippen LogP contribution in [0.25, 0.3) is 0 Å². The molecular formula is C14H18BrN3O3. The molecule has 0 aromatic carbocycles. The molecule has 6 nitrogen and oxygen atoms in total. The van der Waals surface area contributed by atoms with E-state index in [0.717, 1.165) is 9.04 Å². The Morgan fingerprint density at radius 2 is 1.86 bits per heavy atom. The van der Waals surface area contributed by atoms with Gasteiger partial charge in [-0.3, -0.25) is 14.3 Å². The van der Waals surface area contributed by atoms with Gasteiger partial charge in [0.1, 0.15) is 0 Å². The number of aliphatic hydroxyl groups is 1. The molecule has 0 unspecified atom stereocenters. The molecule has 0 aliphatic carbocycles. The molecule has 0 aliphatic heterocycles. The number of rotatable bonds is 3. The van der Waals surface area contributed by atoms with Crippen molar-refractivity contribution in [3.05, 3.63) is 61.1 Å². The summed E-state index contributed by atoms with van der Waals surface area (Å²) in [6.07, 6.45) is 1.43. The number of hydrogen-bond donors (Lipinski definition) is 1. The highest BCUT2D eigenvalue weighted by Crippen LogP contribution is 2.13. The molecule has 2 rings (SSSR count). The van der Waals surface area contributed by atoms with Crippen LogP contribution in [0.5, 0.6) is 0 Å². The summed E-state index contributed by atoms with van der Waals surface area (Å²) in [5.41, 5.74) is 0.226. The third-order valence-corrected chi connectivity index (χ3v) is 3.08. The first-order valence-corrected chi connectivity index (χ1v) is 7.33. The van der Waals surface area contributed by atoms with Crippen molar-refractivity contribution in [2.45, 2.75) is 27.0 Å². The molecule has 0 saturated heterocycles. The highest BCUT2D eigenvalue weighted by molar-refractivity contribution is 9.10. The molecular weight excluding hydrogens is 338 g/mol. The molecule has 0 saturated carbocycles. The number of pyridine rings is 1. The topological polar surface area (TPSA) is 77.1 Å². The monoisotopic (exact) mass is 355 g/mol. The second kappa shape index (κ2) is 7.90. The number of hydrogen-bond acceptors (Lipinski definition) is 4. The summed E-state index contributed by atoms with van der Waals surface area (Å²) in [4.78, 5) is 27.7. The van der Waals surface area contributed by atoms with Crippen molar-refractivity contribution in [3.63, 3.8) is 0 Å². The van der Waals surface area contributed by atoms with Gasteiger partial charge in [0.05, 0.1) is 24.5 Å². The van der Waals surface area contributed by atoms with Crippen molar-refractivity contribution in [1.29, 1.82) is 0 Å². The molecule has 2 heterocycles. The predicted molar refractivity (Wildman–Crippen MR) is 84.3 cm³/mol. The zero-order valence-corrected chi connectivity index (χ0v) is 13.8.